The van der Waals surface area contributed by atoms with Crippen LogP contribution in [0.5, 0.6) is 5.75 Å². The van der Waals surface area contributed by atoms with Crippen LogP contribution in [0, 0.1) is 13.8 Å². The number of ether oxygens (including phenoxy) is 1. The monoisotopic (exact) mass is 191 g/mol. The summed E-state index contributed by atoms with van der Waals surface area (Å²) in [5.41, 5.74) is 9.35. The molecule has 14 heavy (non-hydrogen) atoms. The summed E-state index contributed by atoms with van der Waals surface area (Å²) in [6.07, 6.45) is 1.65. The Morgan fingerprint density at radius 2 is 2.00 bits per heavy atom. The lowest BCUT2D eigenvalue weighted by Crippen LogP contribution is -1.97. The first-order valence-electron chi connectivity index (χ1n) is 4.46. The van der Waals surface area contributed by atoms with E-state index < -0.39 is 0 Å². The molecule has 0 aliphatic carbocycles. The van der Waals surface area contributed by atoms with Gasteiger partial charge in [-0.15, -0.1) is 0 Å². The van der Waals surface area contributed by atoms with Gasteiger partial charge >= 0.3 is 0 Å². The summed E-state index contributed by atoms with van der Waals surface area (Å²) in [6.45, 7) is 3.94. The lowest BCUT2D eigenvalue weighted by atomic mass is 10.0. The molecule has 2 N–H and O–H groups in total. The zero-order chi connectivity index (χ0) is 10.3. The number of fused-ring (bicyclic) bond motifs is 1. The van der Waals surface area contributed by atoms with Crippen molar-refractivity contribution in [2.45, 2.75) is 13.8 Å². The third-order valence-corrected chi connectivity index (χ3v) is 2.60. The molecule has 0 bridgehead atoms. The van der Waals surface area contributed by atoms with Crippen LogP contribution in [0.1, 0.15) is 11.1 Å². The topological polar surface area (TPSA) is 48.4 Å². The van der Waals surface area contributed by atoms with Gasteiger partial charge in [0.05, 0.1) is 19.1 Å². The lowest BCUT2D eigenvalue weighted by Gasteiger charge is -2.11. The molecule has 1 aromatic heterocycles. The van der Waals surface area contributed by atoms with Crippen molar-refractivity contribution in [3.63, 3.8) is 0 Å². The van der Waals surface area contributed by atoms with Gasteiger partial charge in [-0.2, -0.15) is 0 Å². The average molecular weight is 191 g/mol. The van der Waals surface area contributed by atoms with E-state index >= 15 is 0 Å². The second kappa shape index (κ2) is 2.94. The van der Waals surface area contributed by atoms with Crippen LogP contribution >= 0.6 is 0 Å². The van der Waals surface area contributed by atoms with E-state index in [1.165, 1.54) is 0 Å². The van der Waals surface area contributed by atoms with Crippen LogP contribution in [-0.4, -0.2) is 7.11 Å². The average Bonchev–Trinajstić information content (AvgIpc) is 2.64. The smallest absolute Gasteiger partial charge is 0.157 e. The zero-order valence-electron chi connectivity index (χ0n) is 8.55. The number of methoxy groups -OCH3 is 1. The molecule has 0 spiro atoms. The molecule has 0 aliphatic rings. The minimum absolute atomic E-state index is 0.660. The largest absolute Gasteiger partial charge is 0.496 e. The predicted molar refractivity (Wildman–Crippen MR) is 56.7 cm³/mol. The van der Waals surface area contributed by atoms with E-state index in [-0.39, 0.29) is 0 Å². The van der Waals surface area contributed by atoms with Crippen molar-refractivity contribution in [1.82, 2.24) is 0 Å². The number of rotatable bonds is 1. The molecule has 3 nitrogen and oxygen atoms in total. The Morgan fingerprint density at radius 1 is 1.29 bits per heavy atom. The van der Waals surface area contributed by atoms with Crippen molar-refractivity contribution < 1.29 is 9.15 Å². The molecule has 2 rings (SSSR count). The molecule has 0 radical (unpaired) electrons. The van der Waals surface area contributed by atoms with Gasteiger partial charge < -0.3 is 14.9 Å². The molecule has 1 aromatic carbocycles. The minimum Gasteiger partial charge on any atom is -0.496 e. The van der Waals surface area contributed by atoms with Crippen LogP contribution in [0.15, 0.2) is 16.7 Å². The molecule has 0 atom stereocenters. The first-order chi connectivity index (χ1) is 6.66. The number of nitrogens with two attached hydrogens (primary N) is 1. The quantitative estimate of drug-likeness (QED) is 0.705. The molecule has 0 saturated heterocycles. The molecule has 0 unspecified atom stereocenters. The SMILES string of the molecule is COc1c(C)c(N)c2occc2c1C. The highest BCUT2D eigenvalue weighted by molar-refractivity contribution is 5.94. The molecule has 74 valence electrons. The van der Waals surface area contributed by atoms with E-state index in [1.807, 2.05) is 19.9 Å². The molecule has 2 aromatic rings. The molecule has 0 amide bonds. The summed E-state index contributed by atoms with van der Waals surface area (Å²) >= 11 is 0. The van der Waals surface area contributed by atoms with Crippen molar-refractivity contribution in [2.75, 3.05) is 12.8 Å². The number of furan rings is 1. The van der Waals surface area contributed by atoms with Gasteiger partial charge in [-0.1, -0.05) is 0 Å². The summed E-state index contributed by atoms with van der Waals surface area (Å²) in [6, 6.07) is 1.91. The Balaban J connectivity index is 2.94. The Morgan fingerprint density at radius 3 is 2.64 bits per heavy atom. The molecular formula is C11H13NO2. The van der Waals surface area contributed by atoms with Gasteiger partial charge in [0.1, 0.15) is 5.75 Å². The van der Waals surface area contributed by atoms with Crippen LogP contribution in [0.25, 0.3) is 11.0 Å². The fourth-order valence-electron chi connectivity index (χ4n) is 1.82. The summed E-state index contributed by atoms with van der Waals surface area (Å²) in [5, 5.41) is 1.02. The third-order valence-electron chi connectivity index (χ3n) is 2.60. The number of benzene rings is 1. The van der Waals surface area contributed by atoms with Crippen molar-refractivity contribution in [2.24, 2.45) is 0 Å². The minimum atomic E-state index is 0.660. The highest BCUT2D eigenvalue weighted by Crippen LogP contribution is 2.36. The fraction of sp³-hybridized carbons (Fsp3) is 0.273. The Kier molecular flexibility index (Phi) is 1.88. The highest BCUT2D eigenvalue weighted by Gasteiger charge is 2.14. The molecular weight excluding hydrogens is 178 g/mol. The maximum Gasteiger partial charge on any atom is 0.157 e. The van der Waals surface area contributed by atoms with E-state index in [1.54, 1.807) is 13.4 Å². The summed E-state index contributed by atoms with van der Waals surface area (Å²) in [5.74, 6) is 0.844. The predicted octanol–water partition coefficient (Wildman–Crippen LogP) is 2.64. The fourth-order valence-corrected chi connectivity index (χ4v) is 1.82. The summed E-state index contributed by atoms with van der Waals surface area (Å²) in [4.78, 5) is 0. The van der Waals surface area contributed by atoms with Gasteiger partial charge in [0.15, 0.2) is 5.58 Å². The molecule has 0 fully saturated rings. The van der Waals surface area contributed by atoms with Crippen LogP contribution < -0.4 is 10.5 Å². The normalized spacial score (nSPS) is 10.8. The molecule has 1 heterocycles. The van der Waals surface area contributed by atoms with Gasteiger partial charge in [-0.3, -0.25) is 0 Å². The number of anilines is 1. The van der Waals surface area contributed by atoms with Gasteiger partial charge in [0, 0.05) is 16.5 Å². The number of hydrogen-bond donors (Lipinski definition) is 1. The van der Waals surface area contributed by atoms with Crippen molar-refractivity contribution in [1.29, 1.82) is 0 Å². The van der Waals surface area contributed by atoms with E-state index in [0.29, 0.717) is 5.69 Å². The third kappa shape index (κ3) is 0.985. The van der Waals surface area contributed by atoms with E-state index in [4.69, 9.17) is 14.9 Å². The number of nitrogen functional groups attached to an aromatic ring is 1. The Bertz CT molecular complexity index is 485. The number of hydrogen-bond acceptors (Lipinski definition) is 3. The zero-order valence-corrected chi connectivity index (χ0v) is 8.55. The maximum atomic E-state index is 5.93. The second-order valence-corrected chi connectivity index (χ2v) is 3.36. The Labute approximate surface area is 82.5 Å². The van der Waals surface area contributed by atoms with E-state index in [2.05, 4.69) is 0 Å². The van der Waals surface area contributed by atoms with Crippen molar-refractivity contribution >= 4 is 16.7 Å². The highest BCUT2D eigenvalue weighted by atomic mass is 16.5. The van der Waals surface area contributed by atoms with E-state index in [0.717, 1.165) is 27.8 Å². The van der Waals surface area contributed by atoms with Crippen molar-refractivity contribution in [3.05, 3.63) is 23.5 Å². The van der Waals surface area contributed by atoms with Crippen LogP contribution in [0.3, 0.4) is 0 Å². The molecule has 0 aliphatic heterocycles. The maximum absolute atomic E-state index is 5.93. The Hall–Kier alpha value is -1.64. The molecule has 3 heteroatoms. The van der Waals surface area contributed by atoms with E-state index in [9.17, 15) is 0 Å². The molecule has 0 saturated carbocycles. The van der Waals surface area contributed by atoms with Gasteiger partial charge in [0.25, 0.3) is 0 Å². The standard InChI is InChI=1S/C11H13NO2/c1-6-8-4-5-14-11(8)9(12)7(2)10(6)13-3/h4-5H,12H2,1-3H3. The number of aryl methyl sites for hydroxylation is 1. The second-order valence-electron chi connectivity index (χ2n) is 3.36. The van der Waals surface area contributed by atoms with Crippen molar-refractivity contribution in [3.8, 4) is 5.75 Å². The first-order valence-corrected chi connectivity index (χ1v) is 4.46. The summed E-state index contributed by atoms with van der Waals surface area (Å²) in [7, 11) is 1.65. The first kappa shape index (κ1) is 8.94. The van der Waals surface area contributed by atoms with Gasteiger partial charge in [0.2, 0.25) is 0 Å². The van der Waals surface area contributed by atoms with Crippen LogP contribution in [0.4, 0.5) is 5.69 Å². The van der Waals surface area contributed by atoms with Gasteiger partial charge in [-0.05, 0) is 19.9 Å². The van der Waals surface area contributed by atoms with Crippen LogP contribution in [0.2, 0.25) is 0 Å². The van der Waals surface area contributed by atoms with Gasteiger partial charge in [-0.25, -0.2) is 0 Å². The van der Waals surface area contributed by atoms with Crippen LogP contribution in [-0.2, 0) is 0 Å². The lowest BCUT2D eigenvalue weighted by molar-refractivity contribution is 0.409. The summed E-state index contributed by atoms with van der Waals surface area (Å²) < 4.78 is 10.6.